The maximum absolute atomic E-state index is 12.6. The molecule has 0 saturated heterocycles. The second-order valence-corrected chi connectivity index (χ2v) is 2.08. The van der Waals surface area contributed by atoms with Crippen LogP contribution in [-0.4, -0.2) is 0 Å². The number of benzene rings is 1. The van der Waals surface area contributed by atoms with Crippen LogP contribution in [0, 0.1) is 5.82 Å². The van der Waals surface area contributed by atoms with Gasteiger partial charge in [-0.1, -0.05) is 17.7 Å². The Bertz CT molecular complexity index is 221. The molecule has 0 fully saturated rings. The highest BCUT2D eigenvalue weighted by Crippen LogP contribution is 2.25. The normalized spacial score (nSPS) is 9.50. The lowest BCUT2D eigenvalue weighted by Crippen LogP contribution is -2.03. The molecule has 0 aliphatic heterocycles. The Morgan fingerprint density at radius 1 is 1.50 bits per heavy atom. The maximum atomic E-state index is 12.6. The zero-order valence-electron chi connectivity index (χ0n) is 4.97. The van der Waals surface area contributed by atoms with E-state index >= 15 is 0 Å². The van der Waals surface area contributed by atoms with Gasteiger partial charge in [-0.15, -0.1) is 0 Å². The minimum atomic E-state index is -0.560. The van der Waals surface area contributed by atoms with Crippen molar-refractivity contribution in [3.05, 3.63) is 29.0 Å². The Kier molecular flexibility index (Phi) is 2.09. The number of hydrogen-bond acceptors (Lipinski definition) is 2. The molecule has 0 saturated carbocycles. The molecule has 54 valence electrons. The van der Waals surface area contributed by atoms with Gasteiger partial charge in [-0.3, -0.25) is 0 Å². The first-order valence-corrected chi connectivity index (χ1v) is 2.94. The van der Waals surface area contributed by atoms with E-state index in [0.717, 1.165) is 0 Å². The van der Waals surface area contributed by atoms with Crippen molar-refractivity contribution in [1.29, 1.82) is 0 Å². The van der Waals surface area contributed by atoms with E-state index in [2.05, 4.69) is 4.84 Å². The Balaban J connectivity index is 3.17. The van der Waals surface area contributed by atoms with Crippen LogP contribution in [-0.2, 0) is 0 Å². The lowest BCUT2D eigenvalue weighted by atomic mass is 10.3. The van der Waals surface area contributed by atoms with E-state index in [-0.39, 0.29) is 10.8 Å². The summed E-state index contributed by atoms with van der Waals surface area (Å²) in [6.07, 6.45) is 0. The summed E-state index contributed by atoms with van der Waals surface area (Å²) in [5.41, 5.74) is 0. The van der Waals surface area contributed by atoms with Gasteiger partial charge in [-0.05, 0) is 12.1 Å². The van der Waals surface area contributed by atoms with Gasteiger partial charge >= 0.3 is 0 Å². The third-order valence-electron chi connectivity index (χ3n) is 1.04. The molecule has 0 bridgehead atoms. The van der Waals surface area contributed by atoms with Crippen molar-refractivity contribution in [2.24, 2.45) is 5.90 Å². The molecule has 0 radical (unpaired) electrons. The third-order valence-corrected chi connectivity index (χ3v) is 1.33. The van der Waals surface area contributed by atoms with E-state index < -0.39 is 5.82 Å². The molecule has 0 amide bonds. The lowest BCUT2D eigenvalue weighted by molar-refractivity contribution is 0.316. The van der Waals surface area contributed by atoms with Gasteiger partial charge in [0.25, 0.3) is 0 Å². The Hall–Kier alpha value is -0.800. The van der Waals surface area contributed by atoms with Crippen molar-refractivity contribution < 1.29 is 9.23 Å². The van der Waals surface area contributed by atoms with Crippen molar-refractivity contribution in [3.8, 4) is 5.75 Å². The summed E-state index contributed by atoms with van der Waals surface area (Å²) < 4.78 is 12.6. The smallest absolute Gasteiger partial charge is 0.200 e. The standard InChI is InChI=1S/C6H5ClFNO/c7-4-2-1-3-5(8)6(4)10-9/h1-3H,9H2. The average molecular weight is 162 g/mol. The Morgan fingerprint density at radius 2 is 2.20 bits per heavy atom. The second kappa shape index (κ2) is 2.86. The van der Waals surface area contributed by atoms with Gasteiger partial charge in [0, 0.05) is 0 Å². The van der Waals surface area contributed by atoms with Crippen molar-refractivity contribution in [1.82, 2.24) is 0 Å². The molecule has 1 aromatic rings. The lowest BCUT2D eigenvalue weighted by Gasteiger charge is -2.00. The highest BCUT2D eigenvalue weighted by Gasteiger charge is 2.05. The first kappa shape index (κ1) is 7.31. The molecule has 0 heterocycles. The molecule has 1 aromatic carbocycles. The highest BCUT2D eigenvalue weighted by molar-refractivity contribution is 6.32. The molecule has 4 heteroatoms. The molecule has 0 aromatic heterocycles. The van der Waals surface area contributed by atoms with Crippen LogP contribution in [0.15, 0.2) is 18.2 Å². The fraction of sp³-hybridized carbons (Fsp3) is 0. The van der Waals surface area contributed by atoms with Gasteiger partial charge < -0.3 is 4.84 Å². The van der Waals surface area contributed by atoms with Gasteiger partial charge in [0.2, 0.25) is 5.75 Å². The van der Waals surface area contributed by atoms with Crippen LogP contribution < -0.4 is 10.7 Å². The van der Waals surface area contributed by atoms with Crippen molar-refractivity contribution in [3.63, 3.8) is 0 Å². The molecule has 0 unspecified atom stereocenters. The van der Waals surface area contributed by atoms with E-state index in [0.29, 0.717) is 0 Å². The predicted octanol–water partition coefficient (Wildman–Crippen LogP) is 1.73. The molecule has 0 aliphatic rings. The summed E-state index contributed by atoms with van der Waals surface area (Å²) in [5.74, 6) is 4.05. The molecule has 2 N–H and O–H groups in total. The summed E-state index contributed by atoms with van der Waals surface area (Å²) in [5, 5.41) is 0.169. The fourth-order valence-corrected chi connectivity index (χ4v) is 0.803. The summed E-state index contributed by atoms with van der Waals surface area (Å²) in [6.45, 7) is 0. The summed E-state index contributed by atoms with van der Waals surface area (Å²) in [7, 11) is 0. The molecule has 10 heavy (non-hydrogen) atoms. The van der Waals surface area contributed by atoms with E-state index in [1.54, 1.807) is 0 Å². The molecule has 0 spiro atoms. The monoisotopic (exact) mass is 161 g/mol. The number of rotatable bonds is 1. The first-order chi connectivity index (χ1) is 4.75. The van der Waals surface area contributed by atoms with E-state index in [4.69, 9.17) is 17.5 Å². The van der Waals surface area contributed by atoms with Crippen LogP contribution in [0.5, 0.6) is 5.75 Å². The third kappa shape index (κ3) is 1.20. The number of halogens is 2. The molecule has 0 aliphatic carbocycles. The Morgan fingerprint density at radius 3 is 2.60 bits per heavy atom. The van der Waals surface area contributed by atoms with Crippen LogP contribution >= 0.6 is 11.6 Å². The number of para-hydroxylation sites is 1. The molecule has 1 rings (SSSR count). The van der Waals surface area contributed by atoms with E-state index in [1.165, 1.54) is 18.2 Å². The SMILES string of the molecule is NOc1c(F)cccc1Cl. The van der Waals surface area contributed by atoms with Crippen LogP contribution in [0.2, 0.25) is 5.02 Å². The van der Waals surface area contributed by atoms with Crippen LogP contribution in [0.4, 0.5) is 4.39 Å². The van der Waals surface area contributed by atoms with Gasteiger partial charge in [0.15, 0.2) is 5.82 Å². The fourth-order valence-electron chi connectivity index (χ4n) is 0.595. The van der Waals surface area contributed by atoms with Crippen LogP contribution in [0.1, 0.15) is 0 Å². The molecule has 0 atom stereocenters. The highest BCUT2D eigenvalue weighted by atomic mass is 35.5. The largest absolute Gasteiger partial charge is 0.407 e. The maximum Gasteiger partial charge on any atom is 0.200 e. The zero-order chi connectivity index (χ0) is 7.56. The van der Waals surface area contributed by atoms with Crippen molar-refractivity contribution >= 4 is 11.6 Å². The Labute approximate surface area is 62.3 Å². The second-order valence-electron chi connectivity index (χ2n) is 1.67. The van der Waals surface area contributed by atoms with E-state index in [9.17, 15) is 4.39 Å². The van der Waals surface area contributed by atoms with Gasteiger partial charge in [0.1, 0.15) is 0 Å². The minimum Gasteiger partial charge on any atom is -0.407 e. The molecular weight excluding hydrogens is 157 g/mol. The van der Waals surface area contributed by atoms with Gasteiger partial charge in [0.05, 0.1) is 5.02 Å². The first-order valence-electron chi connectivity index (χ1n) is 2.56. The topological polar surface area (TPSA) is 35.2 Å². The predicted molar refractivity (Wildman–Crippen MR) is 36.2 cm³/mol. The summed E-state index contributed by atoms with van der Waals surface area (Å²) in [6, 6.07) is 4.18. The van der Waals surface area contributed by atoms with Crippen LogP contribution in [0.25, 0.3) is 0 Å². The van der Waals surface area contributed by atoms with Crippen molar-refractivity contribution in [2.75, 3.05) is 0 Å². The zero-order valence-corrected chi connectivity index (χ0v) is 5.73. The minimum absolute atomic E-state index is 0.121. The average Bonchev–Trinajstić information content (AvgIpc) is 1.88. The molecular formula is C6H5ClFNO. The summed E-state index contributed by atoms with van der Waals surface area (Å²) in [4.78, 5) is 4.17. The van der Waals surface area contributed by atoms with Crippen LogP contribution in [0.3, 0.4) is 0 Å². The number of nitrogens with two attached hydrogens (primary N) is 1. The van der Waals surface area contributed by atoms with Gasteiger partial charge in [-0.25, -0.2) is 4.39 Å². The molecule has 2 nitrogen and oxygen atoms in total. The van der Waals surface area contributed by atoms with E-state index in [1.807, 2.05) is 0 Å². The van der Waals surface area contributed by atoms with Gasteiger partial charge in [-0.2, -0.15) is 5.90 Å². The summed E-state index contributed by atoms with van der Waals surface area (Å²) >= 11 is 5.48. The number of hydrogen-bond donors (Lipinski definition) is 1. The van der Waals surface area contributed by atoms with Crippen molar-refractivity contribution in [2.45, 2.75) is 0 Å². The quantitative estimate of drug-likeness (QED) is 0.637.